The molecular weight excluding hydrogens is 254 g/mol. The number of carbonyl (C=O) groups is 3. The maximum Gasteiger partial charge on any atom is 0.326 e. The molecule has 1 atom stereocenters. The van der Waals surface area contributed by atoms with Crippen molar-refractivity contribution in [3.63, 3.8) is 0 Å². The zero-order valence-electron chi connectivity index (χ0n) is 11.2. The van der Waals surface area contributed by atoms with Crippen molar-refractivity contribution in [3.8, 4) is 0 Å². The lowest BCUT2D eigenvalue weighted by Crippen LogP contribution is -2.48. The quantitative estimate of drug-likeness (QED) is 0.415. The monoisotopic (exact) mass is 275 g/mol. The first-order chi connectivity index (χ1) is 9.01. The highest BCUT2D eigenvalue weighted by molar-refractivity contribution is 5.86. The second-order valence-electron chi connectivity index (χ2n) is 3.85. The summed E-state index contributed by atoms with van der Waals surface area (Å²) in [4.78, 5) is 33.4. The third-order valence-electron chi connectivity index (χ3n) is 2.22. The Balaban J connectivity index is 3.90. The van der Waals surface area contributed by atoms with Gasteiger partial charge in [0.1, 0.15) is 6.04 Å². The Labute approximate surface area is 111 Å². The largest absolute Gasteiger partial charge is 0.480 e. The van der Waals surface area contributed by atoms with E-state index in [9.17, 15) is 14.4 Å². The molecule has 0 spiro atoms. The molecule has 8 nitrogen and oxygen atoms in total. The minimum Gasteiger partial charge on any atom is -0.480 e. The molecule has 0 fully saturated rings. The van der Waals surface area contributed by atoms with E-state index >= 15 is 0 Å². The summed E-state index contributed by atoms with van der Waals surface area (Å²) < 4.78 is 4.74. The highest BCUT2D eigenvalue weighted by Gasteiger charge is 2.18. The maximum absolute atomic E-state index is 11.4. The van der Waals surface area contributed by atoms with Gasteiger partial charge in [0.05, 0.1) is 13.2 Å². The van der Waals surface area contributed by atoms with Gasteiger partial charge in [-0.2, -0.15) is 0 Å². The van der Waals surface area contributed by atoms with Crippen LogP contribution >= 0.6 is 0 Å². The Morgan fingerprint density at radius 1 is 1.26 bits per heavy atom. The summed E-state index contributed by atoms with van der Waals surface area (Å²) in [5.41, 5.74) is 0. The van der Waals surface area contributed by atoms with Gasteiger partial charge >= 0.3 is 12.0 Å². The molecule has 3 amide bonds. The summed E-state index contributed by atoms with van der Waals surface area (Å²) in [7, 11) is 1.51. The van der Waals surface area contributed by atoms with Crippen LogP contribution in [0.1, 0.15) is 19.8 Å². The van der Waals surface area contributed by atoms with Crippen LogP contribution < -0.4 is 16.0 Å². The average Bonchev–Trinajstić information content (AvgIpc) is 2.36. The fraction of sp³-hybridized carbons (Fsp3) is 0.727. The van der Waals surface area contributed by atoms with Crippen molar-refractivity contribution < 1.29 is 24.2 Å². The van der Waals surface area contributed by atoms with E-state index in [0.717, 1.165) is 0 Å². The average molecular weight is 275 g/mol. The van der Waals surface area contributed by atoms with Crippen LogP contribution in [0.2, 0.25) is 0 Å². The number of nitrogens with one attached hydrogen (secondary N) is 3. The topological polar surface area (TPSA) is 117 Å². The normalized spacial score (nSPS) is 11.5. The van der Waals surface area contributed by atoms with Gasteiger partial charge in [0.25, 0.3) is 0 Å². The number of carbonyl (C=O) groups excluding carboxylic acids is 2. The van der Waals surface area contributed by atoms with E-state index in [1.807, 2.05) is 6.92 Å². The highest BCUT2D eigenvalue weighted by atomic mass is 16.5. The number of hydrogen-bond acceptors (Lipinski definition) is 4. The maximum atomic E-state index is 11.4. The molecule has 8 heteroatoms. The number of ether oxygens (including phenoxy) is 1. The second kappa shape index (κ2) is 10.1. The Kier molecular flexibility index (Phi) is 9.15. The van der Waals surface area contributed by atoms with E-state index in [4.69, 9.17) is 9.84 Å². The predicted molar refractivity (Wildman–Crippen MR) is 67.8 cm³/mol. The molecule has 0 rings (SSSR count). The Hall–Kier alpha value is -1.83. The van der Waals surface area contributed by atoms with Gasteiger partial charge in [0.2, 0.25) is 5.91 Å². The van der Waals surface area contributed by atoms with E-state index < -0.39 is 18.0 Å². The summed E-state index contributed by atoms with van der Waals surface area (Å²) in [5.74, 6) is -1.46. The van der Waals surface area contributed by atoms with Gasteiger partial charge in [0.15, 0.2) is 0 Å². The van der Waals surface area contributed by atoms with Crippen LogP contribution in [-0.4, -0.2) is 55.9 Å². The van der Waals surface area contributed by atoms with E-state index in [1.165, 1.54) is 7.11 Å². The molecule has 0 aliphatic rings. The molecule has 0 aromatic rings. The summed E-state index contributed by atoms with van der Waals surface area (Å²) in [6.07, 6.45) is 0.970. The zero-order chi connectivity index (χ0) is 14.7. The van der Waals surface area contributed by atoms with Crippen molar-refractivity contribution in [2.24, 2.45) is 0 Å². The molecule has 0 aliphatic heterocycles. The fourth-order valence-corrected chi connectivity index (χ4v) is 1.27. The van der Waals surface area contributed by atoms with Gasteiger partial charge in [-0.05, 0) is 6.42 Å². The van der Waals surface area contributed by atoms with Crippen molar-refractivity contribution in [1.82, 2.24) is 16.0 Å². The predicted octanol–water partition coefficient (Wildman–Crippen LogP) is -0.698. The summed E-state index contributed by atoms with van der Waals surface area (Å²) in [6.45, 7) is 2.34. The molecule has 110 valence electrons. The molecule has 0 saturated heterocycles. The highest BCUT2D eigenvalue weighted by Crippen LogP contribution is 1.96. The summed E-state index contributed by atoms with van der Waals surface area (Å²) >= 11 is 0. The molecule has 0 aliphatic carbocycles. The van der Waals surface area contributed by atoms with Gasteiger partial charge < -0.3 is 25.8 Å². The van der Waals surface area contributed by atoms with E-state index in [1.54, 1.807) is 0 Å². The van der Waals surface area contributed by atoms with Crippen LogP contribution in [0, 0.1) is 0 Å². The van der Waals surface area contributed by atoms with Crippen molar-refractivity contribution in [1.29, 1.82) is 0 Å². The van der Waals surface area contributed by atoms with Crippen LogP contribution in [0.15, 0.2) is 0 Å². The number of aliphatic carboxylic acids is 1. The molecule has 4 N–H and O–H groups in total. The van der Waals surface area contributed by atoms with Crippen LogP contribution in [0.3, 0.4) is 0 Å². The Bertz CT molecular complexity index is 309. The van der Waals surface area contributed by atoms with E-state index in [-0.39, 0.29) is 12.5 Å². The van der Waals surface area contributed by atoms with Gasteiger partial charge in [-0.1, -0.05) is 13.3 Å². The SMILES string of the molecule is CCC[C@@H](NC(=O)NCC(=O)NCCOC)C(=O)O. The zero-order valence-corrected chi connectivity index (χ0v) is 11.2. The van der Waals surface area contributed by atoms with Gasteiger partial charge in [-0.3, -0.25) is 4.79 Å². The Morgan fingerprint density at radius 3 is 2.47 bits per heavy atom. The van der Waals surface area contributed by atoms with Crippen LogP contribution in [-0.2, 0) is 14.3 Å². The molecule has 0 radical (unpaired) electrons. The first-order valence-electron chi connectivity index (χ1n) is 6.04. The number of hydrogen-bond donors (Lipinski definition) is 4. The lowest BCUT2D eigenvalue weighted by Gasteiger charge is -2.14. The molecule has 0 aromatic carbocycles. The molecule has 19 heavy (non-hydrogen) atoms. The van der Waals surface area contributed by atoms with Gasteiger partial charge in [-0.15, -0.1) is 0 Å². The minimum atomic E-state index is -1.10. The molecule has 0 unspecified atom stereocenters. The number of urea groups is 1. The van der Waals surface area contributed by atoms with E-state index in [0.29, 0.717) is 26.0 Å². The van der Waals surface area contributed by atoms with Crippen molar-refractivity contribution in [2.75, 3.05) is 26.8 Å². The first kappa shape index (κ1) is 17.2. The standard InChI is InChI=1S/C11H21N3O5/c1-3-4-8(10(16)17)14-11(18)13-7-9(15)12-5-6-19-2/h8H,3-7H2,1-2H3,(H,12,15)(H,16,17)(H2,13,14,18)/t8-/m1/s1. The minimum absolute atomic E-state index is 0.214. The van der Waals surface area contributed by atoms with Crippen LogP contribution in [0.25, 0.3) is 0 Å². The van der Waals surface area contributed by atoms with Crippen LogP contribution in [0.5, 0.6) is 0 Å². The number of carboxylic acids is 1. The van der Waals surface area contributed by atoms with Gasteiger partial charge in [0, 0.05) is 13.7 Å². The molecular formula is C11H21N3O5. The number of amides is 3. The molecule has 0 heterocycles. The van der Waals surface area contributed by atoms with Gasteiger partial charge in [-0.25, -0.2) is 9.59 Å². The summed E-state index contributed by atoms with van der Waals surface area (Å²) in [6, 6.07) is -1.62. The second-order valence-corrected chi connectivity index (χ2v) is 3.85. The first-order valence-corrected chi connectivity index (χ1v) is 6.04. The number of methoxy groups -OCH3 is 1. The number of carboxylic acid groups (broad SMARTS) is 1. The van der Waals surface area contributed by atoms with Crippen molar-refractivity contribution in [2.45, 2.75) is 25.8 Å². The molecule has 0 aromatic heterocycles. The fourth-order valence-electron chi connectivity index (χ4n) is 1.27. The third kappa shape index (κ3) is 8.83. The van der Waals surface area contributed by atoms with E-state index in [2.05, 4.69) is 16.0 Å². The molecule has 0 saturated carbocycles. The lowest BCUT2D eigenvalue weighted by atomic mass is 10.2. The van der Waals surface area contributed by atoms with Crippen LogP contribution in [0.4, 0.5) is 4.79 Å². The lowest BCUT2D eigenvalue weighted by molar-refractivity contribution is -0.139. The van der Waals surface area contributed by atoms with Crippen molar-refractivity contribution >= 4 is 17.9 Å². The summed E-state index contributed by atoms with van der Waals surface area (Å²) in [5, 5.41) is 15.9. The third-order valence-corrected chi connectivity index (χ3v) is 2.22. The Morgan fingerprint density at radius 2 is 1.95 bits per heavy atom. The van der Waals surface area contributed by atoms with Crippen molar-refractivity contribution in [3.05, 3.63) is 0 Å². The number of rotatable bonds is 9. The molecule has 0 bridgehead atoms. The smallest absolute Gasteiger partial charge is 0.326 e.